The number of rotatable bonds is 7. The molecule has 0 radical (unpaired) electrons. The van der Waals surface area contributed by atoms with Gasteiger partial charge in [-0.3, -0.25) is 4.79 Å². The first-order valence-electron chi connectivity index (χ1n) is 6.75. The van der Waals surface area contributed by atoms with Crippen LogP contribution >= 0.6 is 0 Å². The van der Waals surface area contributed by atoms with Crippen molar-refractivity contribution >= 4 is 5.91 Å². The molecule has 1 amide bonds. The molecule has 1 rings (SSSR count). The van der Waals surface area contributed by atoms with Crippen molar-refractivity contribution in [3.63, 3.8) is 0 Å². The van der Waals surface area contributed by atoms with Gasteiger partial charge in [0.2, 0.25) is 0 Å². The smallest absolute Gasteiger partial charge is 0.260 e. The predicted molar refractivity (Wildman–Crippen MR) is 79.2 cm³/mol. The quantitative estimate of drug-likeness (QED) is 0.821. The molecule has 0 bridgehead atoms. The first-order valence-corrected chi connectivity index (χ1v) is 6.75. The Morgan fingerprint density at radius 1 is 1.35 bits per heavy atom. The summed E-state index contributed by atoms with van der Waals surface area (Å²) in [6, 6.07) is 5.78. The Kier molecular flexibility index (Phi) is 6.31. The lowest BCUT2D eigenvalue weighted by Crippen LogP contribution is -2.36. The summed E-state index contributed by atoms with van der Waals surface area (Å²) in [4.78, 5) is 13.5. The Hall–Kier alpha value is -1.75. The van der Waals surface area contributed by atoms with Crippen molar-refractivity contribution in [2.45, 2.75) is 26.3 Å². The van der Waals surface area contributed by atoms with Gasteiger partial charge in [-0.15, -0.1) is 0 Å². The molecular weight excluding hydrogens is 256 g/mol. The molecule has 5 nitrogen and oxygen atoms in total. The van der Waals surface area contributed by atoms with Crippen LogP contribution in [0.15, 0.2) is 18.2 Å². The summed E-state index contributed by atoms with van der Waals surface area (Å²) in [6.45, 7) is 4.50. The maximum Gasteiger partial charge on any atom is 0.260 e. The fourth-order valence-electron chi connectivity index (χ4n) is 1.68. The summed E-state index contributed by atoms with van der Waals surface area (Å²) in [5, 5.41) is 0. The Bertz CT molecular complexity index is 447. The van der Waals surface area contributed by atoms with Crippen LogP contribution in [0.25, 0.3) is 0 Å². The normalized spacial score (nSPS) is 10.5. The van der Waals surface area contributed by atoms with Crippen LogP contribution in [-0.4, -0.2) is 44.2 Å². The van der Waals surface area contributed by atoms with Gasteiger partial charge in [0.1, 0.15) is 0 Å². The van der Waals surface area contributed by atoms with Crippen molar-refractivity contribution in [3.05, 3.63) is 23.8 Å². The third-order valence-electron chi connectivity index (χ3n) is 3.18. The van der Waals surface area contributed by atoms with Gasteiger partial charge in [0.15, 0.2) is 18.1 Å². The van der Waals surface area contributed by atoms with Crippen molar-refractivity contribution < 1.29 is 14.3 Å². The minimum Gasteiger partial charge on any atom is -0.493 e. The zero-order chi connectivity index (χ0) is 15.1. The topological polar surface area (TPSA) is 64.8 Å². The number of nitrogens with two attached hydrogens (primary N) is 1. The van der Waals surface area contributed by atoms with Crippen molar-refractivity contribution in [2.75, 3.05) is 27.3 Å². The molecular formula is C15H24N2O3. The van der Waals surface area contributed by atoms with E-state index in [4.69, 9.17) is 15.2 Å². The van der Waals surface area contributed by atoms with Crippen LogP contribution in [0, 0.1) is 0 Å². The molecule has 0 atom stereocenters. The fourth-order valence-corrected chi connectivity index (χ4v) is 1.68. The van der Waals surface area contributed by atoms with Gasteiger partial charge in [0, 0.05) is 13.1 Å². The predicted octanol–water partition coefficient (Wildman–Crippen LogP) is 1.44. The SMILES string of the molecule is COc1cc(CCN)ccc1OCC(=O)N(C)C(C)C. The first-order chi connectivity index (χ1) is 9.49. The van der Waals surface area contributed by atoms with Crippen molar-refractivity contribution in [3.8, 4) is 11.5 Å². The molecule has 0 aliphatic rings. The van der Waals surface area contributed by atoms with E-state index < -0.39 is 0 Å². The molecule has 0 aromatic heterocycles. The van der Waals surface area contributed by atoms with E-state index in [1.807, 2.05) is 32.0 Å². The lowest BCUT2D eigenvalue weighted by Gasteiger charge is -2.21. The van der Waals surface area contributed by atoms with E-state index in [0.717, 1.165) is 12.0 Å². The summed E-state index contributed by atoms with van der Waals surface area (Å²) < 4.78 is 10.8. The fraction of sp³-hybridized carbons (Fsp3) is 0.533. The molecule has 0 unspecified atom stereocenters. The van der Waals surface area contributed by atoms with Crippen LogP contribution in [0.2, 0.25) is 0 Å². The van der Waals surface area contributed by atoms with Gasteiger partial charge in [-0.2, -0.15) is 0 Å². The van der Waals surface area contributed by atoms with Gasteiger partial charge in [0.05, 0.1) is 7.11 Å². The Morgan fingerprint density at radius 2 is 2.05 bits per heavy atom. The largest absolute Gasteiger partial charge is 0.493 e. The molecule has 0 heterocycles. The second-order valence-corrected chi connectivity index (χ2v) is 4.91. The summed E-state index contributed by atoms with van der Waals surface area (Å²) in [5.74, 6) is 1.13. The number of carbonyl (C=O) groups is 1. The molecule has 20 heavy (non-hydrogen) atoms. The second-order valence-electron chi connectivity index (χ2n) is 4.91. The number of carbonyl (C=O) groups excluding carboxylic acids is 1. The molecule has 0 saturated carbocycles. The molecule has 2 N–H and O–H groups in total. The zero-order valence-corrected chi connectivity index (χ0v) is 12.7. The Morgan fingerprint density at radius 3 is 2.60 bits per heavy atom. The van der Waals surface area contributed by atoms with E-state index in [1.165, 1.54) is 0 Å². The molecule has 1 aromatic carbocycles. The van der Waals surface area contributed by atoms with E-state index in [0.29, 0.717) is 18.0 Å². The third kappa shape index (κ3) is 4.42. The second kappa shape index (κ2) is 7.75. The van der Waals surface area contributed by atoms with E-state index in [1.54, 1.807) is 19.1 Å². The average Bonchev–Trinajstić information content (AvgIpc) is 2.44. The number of ether oxygens (including phenoxy) is 2. The molecule has 0 spiro atoms. The van der Waals surface area contributed by atoms with Gasteiger partial charge in [0.25, 0.3) is 5.91 Å². The van der Waals surface area contributed by atoms with Gasteiger partial charge in [-0.05, 0) is 44.5 Å². The number of amides is 1. The summed E-state index contributed by atoms with van der Waals surface area (Å²) in [5.41, 5.74) is 6.61. The maximum atomic E-state index is 11.9. The van der Waals surface area contributed by atoms with Crippen LogP contribution in [0.3, 0.4) is 0 Å². The highest BCUT2D eigenvalue weighted by Crippen LogP contribution is 2.28. The number of likely N-dealkylation sites (N-methyl/N-ethyl adjacent to an activating group) is 1. The Balaban J connectivity index is 2.70. The number of hydrogen-bond acceptors (Lipinski definition) is 4. The minimum absolute atomic E-state index is 0.00127. The van der Waals surface area contributed by atoms with Crippen LogP contribution in [0.5, 0.6) is 11.5 Å². The molecule has 112 valence electrons. The van der Waals surface area contributed by atoms with Gasteiger partial charge < -0.3 is 20.1 Å². The number of hydrogen-bond donors (Lipinski definition) is 1. The highest BCUT2D eigenvalue weighted by molar-refractivity contribution is 5.77. The average molecular weight is 280 g/mol. The van der Waals surface area contributed by atoms with Crippen LogP contribution < -0.4 is 15.2 Å². The lowest BCUT2D eigenvalue weighted by molar-refractivity contribution is -0.133. The highest BCUT2D eigenvalue weighted by Gasteiger charge is 2.14. The molecule has 0 saturated heterocycles. The van der Waals surface area contributed by atoms with Crippen LogP contribution in [-0.2, 0) is 11.2 Å². The summed E-state index contributed by atoms with van der Waals surface area (Å²) in [7, 11) is 3.34. The molecule has 0 aliphatic carbocycles. The van der Waals surface area contributed by atoms with Crippen molar-refractivity contribution in [2.24, 2.45) is 5.73 Å². The van der Waals surface area contributed by atoms with E-state index in [-0.39, 0.29) is 18.6 Å². The maximum absolute atomic E-state index is 11.9. The van der Waals surface area contributed by atoms with Crippen molar-refractivity contribution in [1.29, 1.82) is 0 Å². The number of benzene rings is 1. The molecule has 1 aromatic rings. The number of nitrogens with zero attached hydrogens (tertiary/aromatic N) is 1. The Labute approximate surface area is 120 Å². The summed E-state index contributed by atoms with van der Waals surface area (Å²) >= 11 is 0. The van der Waals surface area contributed by atoms with E-state index >= 15 is 0 Å². The third-order valence-corrected chi connectivity index (χ3v) is 3.18. The van der Waals surface area contributed by atoms with Gasteiger partial charge >= 0.3 is 0 Å². The highest BCUT2D eigenvalue weighted by atomic mass is 16.5. The van der Waals surface area contributed by atoms with E-state index in [2.05, 4.69) is 0 Å². The first kappa shape index (κ1) is 16.3. The minimum atomic E-state index is -0.0620. The molecule has 0 aliphatic heterocycles. The molecule has 5 heteroatoms. The lowest BCUT2D eigenvalue weighted by atomic mass is 10.1. The van der Waals surface area contributed by atoms with Gasteiger partial charge in [-0.1, -0.05) is 6.07 Å². The van der Waals surface area contributed by atoms with E-state index in [9.17, 15) is 4.79 Å². The monoisotopic (exact) mass is 280 g/mol. The van der Waals surface area contributed by atoms with Crippen LogP contribution in [0.1, 0.15) is 19.4 Å². The standard InChI is InChI=1S/C15H24N2O3/c1-11(2)17(3)15(18)10-20-13-6-5-12(7-8-16)9-14(13)19-4/h5-6,9,11H,7-8,10,16H2,1-4H3. The summed E-state index contributed by atoms with van der Waals surface area (Å²) in [6.07, 6.45) is 0.783. The van der Waals surface area contributed by atoms with Crippen molar-refractivity contribution in [1.82, 2.24) is 4.90 Å². The van der Waals surface area contributed by atoms with Gasteiger partial charge in [-0.25, -0.2) is 0 Å². The molecule has 0 fully saturated rings. The zero-order valence-electron chi connectivity index (χ0n) is 12.7. The van der Waals surface area contributed by atoms with Crippen LogP contribution in [0.4, 0.5) is 0 Å². The number of methoxy groups -OCH3 is 1.